The van der Waals surface area contributed by atoms with Gasteiger partial charge < -0.3 is 4.74 Å². The van der Waals surface area contributed by atoms with Gasteiger partial charge in [-0.3, -0.25) is 4.79 Å². The molecule has 4 aromatic rings. The molecule has 0 spiro atoms. The number of halogens is 3. The van der Waals surface area contributed by atoms with Crippen LogP contribution in [0.15, 0.2) is 79.1 Å². The van der Waals surface area contributed by atoms with Gasteiger partial charge in [-0.2, -0.15) is 0 Å². The van der Waals surface area contributed by atoms with Crippen LogP contribution in [-0.2, 0) is 4.79 Å². The van der Waals surface area contributed by atoms with E-state index in [1.807, 2.05) is 18.2 Å². The molecule has 0 aliphatic heterocycles. The SMILES string of the molecule is O=C(/C=C/c1ccc(Oc2ncnc3ccc(Cl)cc23)cc1)/C=C/c1c(Cl)cccc1Cl. The smallest absolute Gasteiger partial charge is 0.230 e. The second-order valence-corrected chi connectivity index (χ2v) is 7.97. The largest absolute Gasteiger partial charge is 0.438 e. The van der Waals surface area contributed by atoms with Crippen molar-refractivity contribution in [3.05, 3.63) is 105 Å². The van der Waals surface area contributed by atoms with Crippen LogP contribution < -0.4 is 4.74 Å². The summed E-state index contributed by atoms with van der Waals surface area (Å²) in [6.07, 6.45) is 7.65. The van der Waals surface area contributed by atoms with Crippen LogP contribution in [-0.4, -0.2) is 15.8 Å². The van der Waals surface area contributed by atoms with Crippen molar-refractivity contribution >= 4 is 63.6 Å². The summed E-state index contributed by atoms with van der Waals surface area (Å²) < 4.78 is 5.90. The highest BCUT2D eigenvalue weighted by Crippen LogP contribution is 2.29. The molecule has 0 aliphatic carbocycles. The summed E-state index contributed by atoms with van der Waals surface area (Å²) in [6.45, 7) is 0. The molecular weight excluding hydrogens is 467 g/mol. The summed E-state index contributed by atoms with van der Waals surface area (Å²) in [6, 6.07) is 17.8. The number of allylic oxidation sites excluding steroid dienone is 2. The van der Waals surface area contributed by atoms with Gasteiger partial charge in [0.25, 0.3) is 0 Å². The minimum absolute atomic E-state index is 0.189. The lowest BCUT2D eigenvalue weighted by molar-refractivity contribution is -0.110. The van der Waals surface area contributed by atoms with Gasteiger partial charge in [0.05, 0.1) is 10.9 Å². The van der Waals surface area contributed by atoms with E-state index in [1.54, 1.807) is 54.6 Å². The third-order valence-electron chi connectivity index (χ3n) is 4.51. The first-order valence-electron chi connectivity index (χ1n) is 9.52. The van der Waals surface area contributed by atoms with E-state index in [2.05, 4.69) is 9.97 Å². The predicted octanol–water partition coefficient (Wildman–Crippen LogP) is 7.68. The van der Waals surface area contributed by atoms with Gasteiger partial charge in [0, 0.05) is 20.6 Å². The second-order valence-electron chi connectivity index (χ2n) is 6.72. The van der Waals surface area contributed by atoms with Gasteiger partial charge in [-0.15, -0.1) is 0 Å². The van der Waals surface area contributed by atoms with E-state index in [4.69, 9.17) is 39.5 Å². The third-order valence-corrected chi connectivity index (χ3v) is 5.40. The molecule has 3 aromatic carbocycles. The summed E-state index contributed by atoms with van der Waals surface area (Å²) in [7, 11) is 0. The van der Waals surface area contributed by atoms with Crippen LogP contribution in [0.25, 0.3) is 23.1 Å². The van der Waals surface area contributed by atoms with Crippen molar-refractivity contribution in [1.29, 1.82) is 0 Å². The van der Waals surface area contributed by atoms with E-state index in [1.165, 1.54) is 18.5 Å². The highest BCUT2D eigenvalue weighted by atomic mass is 35.5. The molecule has 0 aliphatic rings. The third kappa shape index (κ3) is 5.35. The van der Waals surface area contributed by atoms with Gasteiger partial charge in [0.1, 0.15) is 12.1 Å². The molecule has 4 rings (SSSR count). The van der Waals surface area contributed by atoms with Crippen molar-refractivity contribution in [3.63, 3.8) is 0 Å². The molecule has 0 saturated carbocycles. The monoisotopic (exact) mass is 480 g/mol. The van der Waals surface area contributed by atoms with Crippen LogP contribution in [0.5, 0.6) is 11.6 Å². The Morgan fingerprint density at radius 3 is 2.31 bits per heavy atom. The minimum atomic E-state index is -0.189. The van der Waals surface area contributed by atoms with E-state index in [0.717, 1.165) is 16.5 Å². The molecule has 32 heavy (non-hydrogen) atoms. The maximum absolute atomic E-state index is 12.2. The van der Waals surface area contributed by atoms with Crippen molar-refractivity contribution in [2.45, 2.75) is 0 Å². The zero-order chi connectivity index (χ0) is 22.5. The van der Waals surface area contributed by atoms with Crippen LogP contribution in [0, 0.1) is 0 Å². The number of carbonyl (C=O) groups excluding carboxylic acids is 1. The second kappa shape index (κ2) is 9.96. The number of ketones is 1. The Balaban J connectivity index is 1.44. The van der Waals surface area contributed by atoms with Crippen molar-refractivity contribution in [2.75, 3.05) is 0 Å². The van der Waals surface area contributed by atoms with Gasteiger partial charge in [-0.05, 0) is 66.3 Å². The van der Waals surface area contributed by atoms with E-state index in [-0.39, 0.29) is 5.78 Å². The predicted molar refractivity (Wildman–Crippen MR) is 131 cm³/mol. The molecule has 0 radical (unpaired) electrons. The van der Waals surface area contributed by atoms with Crippen molar-refractivity contribution in [2.24, 2.45) is 0 Å². The van der Waals surface area contributed by atoms with Crippen LogP contribution in [0.3, 0.4) is 0 Å². The highest BCUT2D eigenvalue weighted by molar-refractivity contribution is 6.37. The Kier molecular flexibility index (Phi) is 6.86. The molecular formula is C25H15Cl3N2O2. The topological polar surface area (TPSA) is 52.1 Å². The van der Waals surface area contributed by atoms with Gasteiger partial charge >= 0.3 is 0 Å². The lowest BCUT2D eigenvalue weighted by Gasteiger charge is -2.07. The molecule has 0 N–H and O–H groups in total. The lowest BCUT2D eigenvalue weighted by atomic mass is 10.1. The molecule has 0 amide bonds. The molecule has 1 aromatic heterocycles. The number of rotatable bonds is 6. The van der Waals surface area contributed by atoms with Gasteiger partial charge in [0.15, 0.2) is 5.78 Å². The fourth-order valence-corrected chi connectivity index (χ4v) is 3.61. The standard InChI is InChI=1S/C25H15Cl3N2O2/c26-17-7-13-24-21(14-17)25(30-15-29-24)32-19-10-5-16(6-11-19)4-8-18(31)9-12-20-22(27)2-1-3-23(20)28/h1-15H/b8-4+,12-9+. The lowest BCUT2D eigenvalue weighted by Crippen LogP contribution is -1.91. The van der Waals surface area contributed by atoms with E-state index in [0.29, 0.717) is 32.3 Å². The molecule has 0 atom stereocenters. The molecule has 1 heterocycles. The van der Waals surface area contributed by atoms with Crippen LogP contribution in [0.1, 0.15) is 11.1 Å². The number of aromatic nitrogens is 2. The Labute approximate surface area is 199 Å². The van der Waals surface area contributed by atoms with Crippen molar-refractivity contribution in [3.8, 4) is 11.6 Å². The zero-order valence-corrected chi connectivity index (χ0v) is 18.8. The molecule has 7 heteroatoms. The first-order chi connectivity index (χ1) is 15.5. The maximum Gasteiger partial charge on any atom is 0.230 e. The minimum Gasteiger partial charge on any atom is -0.438 e. The average Bonchev–Trinajstić information content (AvgIpc) is 2.79. The molecule has 0 fully saturated rings. The number of carbonyl (C=O) groups is 1. The first kappa shape index (κ1) is 22.0. The molecule has 4 nitrogen and oxygen atoms in total. The van der Waals surface area contributed by atoms with Crippen molar-refractivity contribution < 1.29 is 9.53 Å². The summed E-state index contributed by atoms with van der Waals surface area (Å²) in [5.74, 6) is 0.826. The summed E-state index contributed by atoms with van der Waals surface area (Å²) in [5.41, 5.74) is 2.19. The van der Waals surface area contributed by atoms with Crippen LogP contribution >= 0.6 is 34.8 Å². The van der Waals surface area contributed by atoms with E-state index in [9.17, 15) is 4.79 Å². The van der Waals surface area contributed by atoms with E-state index >= 15 is 0 Å². The molecule has 158 valence electrons. The normalized spacial score (nSPS) is 11.5. The number of hydrogen-bond acceptors (Lipinski definition) is 4. The Hall–Kier alpha value is -3.18. The average molecular weight is 482 g/mol. The summed E-state index contributed by atoms with van der Waals surface area (Å²) in [4.78, 5) is 20.6. The van der Waals surface area contributed by atoms with Crippen molar-refractivity contribution in [1.82, 2.24) is 9.97 Å². The van der Waals surface area contributed by atoms with Gasteiger partial charge in [-0.25, -0.2) is 9.97 Å². The zero-order valence-electron chi connectivity index (χ0n) is 16.5. The first-order valence-corrected chi connectivity index (χ1v) is 10.7. The number of hydrogen-bond donors (Lipinski definition) is 0. The number of benzene rings is 3. The summed E-state index contributed by atoms with van der Waals surface area (Å²) >= 11 is 18.3. The maximum atomic E-state index is 12.2. The number of fused-ring (bicyclic) bond motifs is 1. The van der Waals surface area contributed by atoms with Gasteiger partial charge in [0.2, 0.25) is 5.88 Å². The number of nitrogens with zero attached hydrogens (tertiary/aromatic N) is 2. The van der Waals surface area contributed by atoms with Crippen LogP contribution in [0.4, 0.5) is 0 Å². The Morgan fingerprint density at radius 2 is 1.56 bits per heavy atom. The quantitative estimate of drug-likeness (QED) is 0.265. The Morgan fingerprint density at radius 1 is 0.844 bits per heavy atom. The Bertz CT molecular complexity index is 1330. The van der Waals surface area contributed by atoms with Crippen LogP contribution in [0.2, 0.25) is 15.1 Å². The summed E-state index contributed by atoms with van der Waals surface area (Å²) in [5, 5.41) is 2.27. The molecule has 0 saturated heterocycles. The molecule has 0 unspecified atom stereocenters. The van der Waals surface area contributed by atoms with Gasteiger partial charge in [-0.1, -0.05) is 59.1 Å². The van der Waals surface area contributed by atoms with E-state index < -0.39 is 0 Å². The highest BCUT2D eigenvalue weighted by Gasteiger charge is 2.07. The molecule has 0 bridgehead atoms. The number of ether oxygens (including phenoxy) is 1. The fourth-order valence-electron chi connectivity index (χ4n) is 2.91. The fraction of sp³-hybridized carbons (Fsp3) is 0.